The largest absolute Gasteiger partial charge is 0.350 e. The van der Waals surface area contributed by atoms with E-state index in [0.717, 1.165) is 19.5 Å². The van der Waals surface area contributed by atoms with E-state index in [1.165, 1.54) is 21.6 Å². The van der Waals surface area contributed by atoms with Gasteiger partial charge in [-0.3, -0.25) is 9.69 Å². The third kappa shape index (κ3) is 3.52. The van der Waals surface area contributed by atoms with E-state index in [4.69, 9.17) is 0 Å². The molecular formula is C17H20N2OS. The van der Waals surface area contributed by atoms with Crippen LogP contribution in [0.3, 0.4) is 0 Å². The molecule has 3 rings (SSSR count). The van der Waals surface area contributed by atoms with E-state index in [2.05, 4.69) is 52.9 Å². The van der Waals surface area contributed by atoms with Gasteiger partial charge < -0.3 is 5.32 Å². The number of carbonyl (C=O) groups is 1. The summed E-state index contributed by atoms with van der Waals surface area (Å²) < 4.78 is 0. The van der Waals surface area contributed by atoms with E-state index in [0.29, 0.717) is 13.1 Å². The van der Waals surface area contributed by atoms with Crippen LogP contribution < -0.4 is 5.32 Å². The smallest absolute Gasteiger partial charge is 0.234 e. The maximum atomic E-state index is 12.1. The van der Waals surface area contributed by atoms with Crippen LogP contribution in [0.4, 0.5) is 0 Å². The van der Waals surface area contributed by atoms with Gasteiger partial charge in [0.2, 0.25) is 5.91 Å². The Bertz CT molecular complexity index is 635. The van der Waals surface area contributed by atoms with Crippen molar-refractivity contribution in [1.82, 2.24) is 10.2 Å². The Morgan fingerprint density at radius 1 is 1.29 bits per heavy atom. The maximum absolute atomic E-state index is 12.1. The molecule has 1 amide bonds. The van der Waals surface area contributed by atoms with E-state index >= 15 is 0 Å². The van der Waals surface area contributed by atoms with Crippen LogP contribution in [0.2, 0.25) is 0 Å². The van der Waals surface area contributed by atoms with Crippen molar-refractivity contribution in [3.05, 3.63) is 57.3 Å². The van der Waals surface area contributed by atoms with Crippen LogP contribution >= 0.6 is 11.3 Å². The zero-order valence-electron chi connectivity index (χ0n) is 12.3. The second kappa shape index (κ2) is 6.41. The summed E-state index contributed by atoms with van der Waals surface area (Å²) in [4.78, 5) is 15.5. The van der Waals surface area contributed by atoms with Crippen molar-refractivity contribution in [2.45, 2.75) is 26.4 Å². The van der Waals surface area contributed by atoms with Crippen molar-refractivity contribution in [1.29, 1.82) is 0 Å². The Balaban J connectivity index is 1.51. The average molecular weight is 300 g/mol. The number of amides is 1. The number of fused-ring (bicyclic) bond motifs is 1. The van der Waals surface area contributed by atoms with Crippen LogP contribution in [-0.4, -0.2) is 23.9 Å². The second-order valence-electron chi connectivity index (χ2n) is 5.53. The lowest BCUT2D eigenvalue weighted by molar-refractivity contribution is -0.122. The predicted molar refractivity (Wildman–Crippen MR) is 86.3 cm³/mol. The van der Waals surface area contributed by atoms with Crippen molar-refractivity contribution in [2.24, 2.45) is 0 Å². The molecule has 1 aromatic heterocycles. The number of hydrogen-bond acceptors (Lipinski definition) is 3. The topological polar surface area (TPSA) is 32.3 Å². The molecule has 2 aromatic rings. The van der Waals surface area contributed by atoms with Gasteiger partial charge in [-0.25, -0.2) is 0 Å². The van der Waals surface area contributed by atoms with Crippen molar-refractivity contribution >= 4 is 17.2 Å². The fraction of sp³-hybridized carbons (Fsp3) is 0.353. The highest BCUT2D eigenvalue weighted by molar-refractivity contribution is 7.10. The number of hydrogen-bond donors (Lipinski definition) is 1. The first kappa shape index (κ1) is 14.3. The average Bonchev–Trinajstić information content (AvgIpc) is 2.90. The molecule has 0 radical (unpaired) electrons. The molecule has 3 nitrogen and oxygen atoms in total. The third-order valence-corrected chi connectivity index (χ3v) is 5.01. The van der Waals surface area contributed by atoms with Gasteiger partial charge in [0.15, 0.2) is 0 Å². The van der Waals surface area contributed by atoms with Gasteiger partial charge in [-0.15, -0.1) is 11.3 Å². The van der Waals surface area contributed by atoms with Gasteiger partial charge in [0.1, 0.15) is 0 Å². The summed E-state index contributed by atoms with van der Waals surface area (Å²) in [7, 11) is 0. The second-order valence-corrected chi connectivity index (χ2v) is 6.53. The molecule has 4 heteroatoms. The summed E-state index contributed by atoms with van der Waals surface area (Å²) in [6.07, 6.45) is 1.04. The fourth-order valence-electron chi connectivity index (χ4n) is 2.71. The Labute approximate surface area is 129 Å². The van der Waals surface area contributed by atoms with Gasteiger partial charge in [0, 0.05) is 18.0 Å². The van der Waals surface area contributed by atoms with E-state index < -0.39 is 0 Å². The summed E-state index contributed by atoms with van der Waals surface area (Å²) in [5, 5.41) is 5.09. The van der Waals surface area contributed by atoms with Crippen LogP contribution in [0.5, 0.6) is 0 Å². The Hall–Kier alpha value is -1.65. The predicted octanol–water partition coefficient (Wildman–Crippen LogP) is 2.73. The highest BCUT2D eigenvalue weighted by atomic mass is 32.1. The third-order valence-electron chi connectivity index (χ3n) is 3.99. The van der Waals surface area contributed by atoms with Gasteiger partial charge in [-0.2, -0.15) is 0 Å². The zero-order chi connectivity index (χ0) is 14.7. The van der Waals surface area contributed by atoms with E-state index in [1.807, 2.05) is 0 Å². The highest BCUT2D eigenvalue weighted by Gasteiger charge is 2.17. The molecule has 0 aliphatic carbocycles. The van der Waals surface area contributed by atoms with E-state index in [9.17, 15) is 4.79 Å². The van der Waals surface area contributed by atoms with Crippen molar-refractivity contribution < 1.29 is 4.79 Å². The molecular weight excluding hydrogens is 280 g/mol. The van der Waals surface area contributed by atoms with Crippen LogP contribution in [0.15, 0.2) is 35.7 Å². The first-order valence-electron chi connectivity index (χ1n) is 7.31. The highest BCUT2D eigenvalue weighted by Crippen LogP contribution is 2.18. The van der Waals surface area contributed by atoms with Gasteiger partial charge in [-0.1, -0.05) is 24.3 Å². The number of aryl methyl sites for hydroxylation is 1. The number of nitrogens with zero attached hydrogens (tertiary/aromatic N) is 1. The van der Waals surface area contributed by atoms with E-state index in [1.54, 1.807) is 11.3 Å². The lowest BCUT2D eigenvalue weighted by atomic mass is 10.00. The Morgan fingerprint density at radius 3 is 2.86 bits per heavy atom. The van der Waals surface area contributed by atoms with Crippen LogP contribution in [0.1, 0.15) is 21.6 Å². The van der Waals surface area contributed by atoms with Gasteiger partial charge in [0.05, 0.1) is 13.1 Å². The lowest BCUT2D eigenvalue weighted by Gasteiger charge is -2.28. The molecule has 1 aliphatic heterocycles. The molecule has 1 N–H and O–H groups in total. The van der Waals surface area contributed by atoms with Crippen LogP contribution in [-0.2, 0) is 24.3 Å². The van der Waals surface area contributed by atoms with Gasteiger partial charge in [0.25, 0.3) is 0 Å². The zero-order valence-corrected chi connectivity index (χ0v) is 13.1. The minimum absolute atomic E-state index is 0.113. The molecule has 1 aromatic carbocycles. The molecule has 0 unspecified atom stereocenters. The van der Waals surface area contributed by atoms with Crippen molar-refractivity contribution in [3.8, 4) is 0 Å². The van der Waals surface area contributed by atoms with Gasteiger partial charge in [-0.05, 0) is 41.5 Å². The number of benzene rings is 1. The molecule has 21 heavy (non-hydrogen) atoms. The minimum Gasteiger partial charge on any atom is -0.350 e. The monoisotopic (exact) mass is 300 g/mol. The first-order chi connectivity index (χ1) is 10.2. The molecule has 0 fully saturated rings. The van der Waals surface area contributed by atoms with Crippen LogP contribution in [0, 0.1) is 6.92 Å². The number of carbonyl (C=O) groups excluding carboxylic acids is 1. The Kier molecular flexibility index (Phi) is 4.36. The van der Waals surface area contributed by atoms with Gasteiger partial charge >= 0.3 is 0 Å². The molecule has 1 aliphatic rings. The molecule has 2 heterocycles. The lowest BCUT2D eigenvalue weighted by Crippen LogP contribution is -2.39. The standard InChI is InChI=1S/C17H20N2OS/c1-13-7-9-21-16(13)10-18-17(20)12-19-8-6-14-4-2-3-5-15(14)11-19/h2-5,7,9H,6,8,10-12H2,1H3,(H,18,20). The summed E-state index contributed by atoms with van der Waals surface area (Å²) in [6, 6.07) is 10.6. The molecule has 0 atom stereocenters. The molecule has 0 bridgehead atoms. The number of nitrogens with one attached hydrogen (secondary N) is 1. The number of thiophene rings is 1. The maximum Gasteiger partial charge on any atom is 0.234 e. The number of rotatable bonds is 4. The summed E-state index contributed by atoms with van der Waals surface area (Å²) in [5.74, 6) is 0.113. The first-order valence-corrected chi connectivity index (χ1v) is 8.19. The summed E-state index contributed by atoms with van der Waals surface area (Å²) >= 11 is 1.70. The fourth-order valence-corrected chi connectivity index (χ4v) is 3.56. The summed E-state index contributed by atoms with van der Waals surface area (Å²) in [6.45, 7) is 5.05. The molecule has 0 saturated heterocycles. The van der Waals surface area contributed by atoms with E-state index in [-0.39, 0.29) is 5.91 Å². The van der Waals surface area contributed by atoms with Crippen LogP contribution in [0.25, 0.3) is 0 Å². The minimum atomic E-state index is 0.113. The molecule has 0 saturated carbocycles. The Morgan fingerprint density at radius 2 is 2.10 bits per heavy atom. The molecule has 0 spiro atoms. The summed E-state index contributed by atoms with van der Waals surface area (Å²) in [5.41, 5.74) is 4.03. The SMILES string of the molecule is Cc1ccsc1CNC(=O)CN1CCc2ccccc2C1. The molecule has 110 valence electrons. The quantitative estimate of drug-likeness (QED) is 0.941. The van der Waals surface area contributed by atoms with Crippen molar-refractivity contribution in [2.75, 3.05) is 13.1 Å². The van der Waals surface area contributed by atoms with Crippen molar-refractivity contribution in [3.63, 3.8) is 0 Å². The normalized spacial score (nSPS) is 14.7.